The molecule has 100 valence electrons. The maximum Gasteiger partial charge on any atom is 0.305 e. The molecule has 1 rings (SSSR count). The molecule has 0 fully saturated rings. The molecule has 1 aromatic rings. The van der Waals surface area contributed by atoms with E-state index in [1.807, 2.05) is 6.92 Å². The lowest BCUT2D eigenvalue weighted by molar-refractivity contribution is -0.136. The van der Waals surface area contributed by atoms with E-state index in [-0.39, 0.29) is 18.9 Å². The zero-order chi connectivity index (χ0) is 13.7. The second kappa shape index (κ2) is 6.49. The van der Waals surface area contributed by atoms with Crippen LogP contribution < -0.4 is 5.32 Å². The number of aliphatic carboxylic acids is 1. The summed E-state index contributed by atoms with van der Waals surface area (Å²) in [6.45, 7) is 6.15. The van der Waals surface area contributed by atoms with Gasteiger partial charge in [0.1, 0.15) is 4.88 Å². The monoisotopic (exact) mass is 270 g/mol. The number of aromatic nitrogens is 1. The normalized spacial score (nSPS) is 10.7. The number of rotatable bonds is 6. The van der Waals surface area contributed by atoms with E-state index in [0.29, 0.717) is 10.8 Å². The van der Waals surface area contributed by atoms with E-state index in [1.54, 1.807) is 0 Å². The van der Waals surface area contributed by atoms with Crippen LogP contribution in [0.25, 0.3) is 0 Å². The van der Waals surface area contributed by atoms with E-state index < -0.39 is 5.97 Å². The molecule has 0 radical (unpaired) electrons. The number of hydrogen-bond donors (Lipinski definition) is 2. The van der Waals surface area contributed by atoms with E-state index >= 15 is 0 Å². The fourth-order valence-electron chi connectivity index (χ4n) is 1.54. The molecule has 1 aromatic heterocycles. The molecule has 0 saturated carbocycles. The molecular weight excluding hydrogens is 252 g/mol. The Morgan fingerprint density at radius 2 is 2.11 bits per heavy atom. The first-order chi connectivity index (χ1) is 8.40. The van der Waals surface area contributed by atoms with Crippen LogP contribution in [-0.2, 0) is 11.2 Å². The van der Waals surface area contributed by atoms with Gasteiger partial charge < -0.3 is 10.4 Å². The molecule has 0 aromatic carbocycles. The van der Waals surface area contributed by atoms with Crippen molar-refractivity contribution in [3.63, 3.8) is 0 Å². The average Bonchev–Trinajstić information content (AvgIpc) is 2.57. The minimum absolute atomic E-state index is 0.0664. The molecule has 0 aliphatic rings. The summed E-state index contributed by atoms with van der Waals surface area (Å²) >= 11 is 1.35. The third-order valence-electron chi connectivity index (χ3n) is 2.24. The maximum atomic E-state index is 11.9. The number of carbonyl (C=O) groups is 2. The Labute approximate surface area is 110 Å². The highest BCUT2D eigenvalue weighted by Crippen LogP contribution is 2.20. The van der Waals surface area contributed by atoms with E-state index in [2.05, 4.69) is 24.1 Å². The smallest absolute Gasteiger partial charge is 0.305 e. The lowest BCUT2D eigenvalue weighted by atomic mass is 10.1. The zero-order valence-electron chi connectivity index (χ0n) is 10.8. The van der Waals surface area contributed by atoms with E-state index in [0.717, 1.165) is 17.1 Å². The number of carboxylic acid groups (broad SMARTS) is 1. The Balaban J connectivity index is 2.69. The summed E-state index contributed by atoms with van der Waals surface area (Å²) < 4.78 is 0. The minimum Gasteiger partial charge on any atom is -0.481 e. The van der Waals surface area contributed by atoms with Crippen molar-refractivity contribution in [2.75, 3.05) is 6.54 Å². The zero-order valence-corrected chi connectivity index (χ0v) is 11.6. The molecule has 0 atom stereocenters. The van der Waals surface area contributed by atoms with Crippen molar-refractivity contribution in [2.45, 2.75) is 33.6 Å². The van der Waals surface area contributed by atoms with E-state index in [4.69, 9.17) is 5.11 Å². The Hall–Kier alpha value is -1.43. The lowest BCUT2D eigenvalue weighted by Gasteiger charge is -2.05. The lowest BCUT2D eigenvalue weighted by Crippen LogP contribution is -2.26. The van der Waals surface area contributed by atoms with Crippen LogP contribution in [0.5, 0.6) is 0 Å². The first-order valence-corrected chi connectivity index (χ1v) is 6.68. The summed E-state index contributed by atoms with van der Waals surface area (Å²) in [4.78, 5) is 27.2. The van der Waals surface area contributed by atoms with Crippen molar-refractivity contribution in [1.82, 2.24) is 10.3 Å². The third-order valence-corrected chi connectivity index (χ3v) is 3.25. The van der Waals surface area contributed by atoms with Gasteiger partial charge in [-0.15, -0.1) is 11.3 Å². The largest absolute Gasteiger partial charge is 0.481 e. The van der Waals surface area contributed by atoms with Crippen molar-refractivity contribution in [3.05, 3.63) is 15.6 Å². The molecule has 6 heteroatoms. The van der Waals surface area contributed by atoms with Gasteiger partial charge in [-0.25, -0.2) is 4.98 Å². The van der Waals surface area contributed by atoms with Gasteiger partial charge in [0, 0.05) is 6.54 Å². The number of amides is 1. The molecule has 5 nitrogen and oxygen atoms in total. The van der Waals surface area contributed by atoms with Gasteiger partial charge >= 0.3 is 5.97 Å². The summed E-state index contributed by atoms with van der Waals surface area (Å²) in [6, 6.07) is 0. The Kier molecular flexibility index (Phi) is 5.27. The fourth-order valence-corrected chi connectivity index (χ4v) is 2.40. The molecule has 0 aliphatic heterocycles. The molecule has 0 bridgehead atoms. The molecule has 18 heavy (non-hydrogen) atoms. The van der Waals surface area contributed by atoms with Crippen LogP contribution in [0.15, 0.2) is 0 Å². The van der Waals surface area contributed by atoms with Crippen molar-refractivity contribution in [1.29, 1.82) is 0 Å². The number of nitrogens with one attached hydrogen (secondary N) is 1. The topological polar surface area (TPSA) is 79.3 Å². The van der Waals surface area contributed by atoms with Crippen molar-refractivity contribution >= 4 is 23.2 Å². The van der Waals surface area contributed by atoms with Gasteiger partial charge in [0.15, 0.2) is 0 Å². The second-order valence-corrected chi connectivity index (χ2v) is 5.71. The van der Waals surface area contributed by atoms with Gasteiger partial charge in [0.05, 0.1) is 17.1 Å². The van der Waals surface area contributed by atoms with Crippen LogP contribution in [0.4, 0.5) is 0 Å². The van der Waals surface area contributed by atoms with Crippen LogP contribution in [0, 0.1) is 12.8 Å². The molecule has 0 unspecified atom stereocenters. The van der Waals surface area contributed by atoms with Crippen molar-refractivity contribution < 1.29 is 14.7 Å². The molecule has 0 spiro atoms. The van der Waals surface area contributed by atoms with Gasteiger partial charge in [-0.05, 0) is 19.3 Å². The summed E-state index contributed by atoms with van der Waals surface area (Å²) in [7, 11) is 0. The molecular formula is C12H18N2O3S. The quantitative estimate of drug-likeness (QED) is 0.827. The van der Waals surface area contributed by atoms with E-state index in [1.165, 1.54) is 11.3 Å². The first kappa shape index (κ1) is 14.6. The molecule has 1 heterocycles. The summed E-state index contributed by atoms with van der Waals surface area (Å²) in [5, 5.41) is 12.0. The van der Waals surface area contributed by atoms with Crippen LogP contribution in [-0.4, -0.2) is 28.5 Å². The summed E-state index contributed by atoms with van der Waals surface area (Å²) in [5.41, 5.74) is 0.806. The minimum atomic E-state index is -0.918. The van der Waals surface area contributed by atoms with Crippen LogP contribution in [0.1, 0.15) is 40.6 Å². The maximum absolute atomic E-state index is 11.9. The van der Waals surface area contributed by atoms with Gasteiger partial charge in [-0.3, -0.25) is 9.59 Å². The Bertz CT molecular complexity index is 441. The number of carboxylic acids is 1. The van der Waals surface area contributed by atoms with Gasteiger partial charge in [-0.2, -0.15) is 0 Å². The van der Waals surface area contributed by atoms with Crippen molar-refractivity contribution in [2.24, 2.45) is 5.92 Å². The number of thiazole rings is 1. The van der Waals surface area contributed by atoms with E-state index in [9.17, 15) is 9.59 Å². The molecule has 0 saturated heterocycles. The highest BCUT2D eigenvalue weighted by atomic mass is 32.1. The first-order valence-electron chi connectivity index (χ1n) is 5.86. The SMILES string of the molecule is Cc1nc(CC(C)C)c(C(=O)NCCC(=O)O)s1. The second-order valence-electron chi connectivity index (χ2n) is 4.51. The molecule has 1 amide bonds. The highest BCUT2D eigenvalue weighted by Gasteiger charge is 2.17. The third kappa shape index (κ3) is 4.44. The van der Waals surface area contributed by atoms with Crippen LogP contribution >= 0.6 is 11.3 Å². The van der Waals surface area contributed by atoms with Crippen molar-refractivity contribution in [3.8, 4) is 0 Å². The highest BCUT2D eigenvalue weighted by molar-refractivity contribution is 7.13. The summed E-state index contributed by atoms with van der Waals surface area (Å²) in [5.74, 6) is -0.715. The molecule has 0 aliphatic carbocycles. The Morgan fingerprint density at radius 1 is 1.44 bits per heavy atom. The standard InChI is InChI=1S/C12H18N2O3S/c1-7(2)6-9-11(18-8(3)14-9)12(17)13-5-4-10(15)16/h7H,4-6H2,1-3H3,(H,13,17)(H,15,16). The van der Waals surface area contributed by atoms with Gasteiger partial charge in [0.2, 0.25) is 0 Å². The fraction of sp³-hybridized carbons (Fsp3) is 0.583. The van der Waals surface area contributed by atoms with Gasteiger partial charge in [-0.1, -0.05) is 13.8 Å². The molecule has 2 N–H and O–H groups in total. The Morgan fingerprint density at radius 3 is 2.67 bits per heavy atom. The number of nitrogens with zero attached hydrogens (tertiary/aromatic N) is 1. The number of carbonyl (C=O) groups excluding carboxylic acids is 1. The van der Waals surface area contributed by atoms with Crippen LogP contribution in [0.2, 0.25) is 0 Å². The predicted octanol–water partition coefficient (Wildman–Crippen LogP) is 1.85. The van der Waals surface area contributed by atoms with Crippen LogP contribution in [0.3, 0.4) is 0 Å². The van der Waals surface area contributed by atoms with Gasteiger partial charge in [0.25, 0.3) is 5.91 Å². The number of aryl methyl sites for hydroxylation is 1. The predicted molar refractivity (Wildman–Crippen MR) is 70.0 cm³/mol. The summed E-state index contributed by atoms with van der Waals surface area (Å²) in [6.07, 6.45) is 0.690. The average molecular weight is 270 g/mol. The number of hydrogen-bond acceptors (Lipinski definition) is 4.